The maximum Gasteiger partial charge on any atom is 0.302 e. The summed E-state index contributed by atoms with van der Waals surface area (Å²) in [6.07, 6.45) is 0. The van der Waals surface area contributed by atoms with Crippen LogP contribution in [0.15, 0.2) is 29.4 Å². The van der Waals surface area contributed by atoms with Crippen molar-refractivity contribution in [3.63, 3.8) is 0 Å². The average molecular weight is 207 g/mol. The van der Waals surface area contributed by atoms with Crippen LogP contribution in [-0.4, -0.2) is 12.6 Å². The number of ether oxygens (including phenoxy) is 1. The van der Waals surface area contributed by atoms with Gasteiger partial charge in [-0.05, 0) is 16.8 Å². The van der Waals surface area contributed by atoms with E-state index in [1.165, 1.54) is 6.92 Å². The number of carbonyl (C=O) groups excluding carboxylic acids is 1. The fraction of sp³-hybridized carbons (Fsp3) is 0.364. The number of nitrogens with zero attached hydrogens (tertiary/aromatic N) is 1. The lowest BCUT2D eigenvalue weighted by Crippen LogP contribution is -2.07. The van der Waals surface area contributed by atoms with E-state index in [1.54, 1.807) is 12.1 Å². The minimum atomic E-state index is -0.321. The molecule has 0 heterocycles. The fourth-order valence-corrected chi connectivity index (χ4v) is 1.32. The number of rotatable bonds is 4. The molecular formula is C11H13NO3. The van der Waals surface area contributed by atoms with Gasteiger partial charge in [0, 0.05) is 12.8 Å². The fourth-order valence-electron chi connectivity index (χ4n) is 1.32. The molecule has 0 saturated heterocycles. The normalized spacial score (nSPS) is 11.9. The van der Waals surface area contributed by atoms with E-state index in [0.717, 1.165) is 5.56 Å². The molecule has 0 radical (unpaired) electrons. The largest absolute Gasteiger partial charge is 0.465 e. The van der Waals surface area contributed by atoms with E-state index in [2.05, 4.69) is 5.18 Å². The molecule has 0 spiro atoms. The van der Waals surface area contributed by atoms with Gasteiger partial charge in [-0.3, -0.25) is 4.79 Å². The zero-order chi connectivity index (χ0) is 11.3. The molecule has 0 aromatic heterocycles. The Morgan fingerprint density at radius 1 is 1.47 bits per heavy atom. The first-order valence-electron chi connectivity index (χ1n) is 4.70. The summed E-state index contributed by atoms with van der Waals surface area (Å²) in [5, 5.41) is 2.93. The Morgan fingerprint density at radius 2 is 2.13 bits per heavy atom. The third kappa shape index (κ3) is 3.16. The van der Waals surface area contributed by atoms with E-state index < -0.39 is 0 Å². The molecule has 1 atom stereocenters. The first-order chi connectivity index (χ1) is 7.15. The number of hydrogen-bond acceptors (Lipinski definition) is 4. The third-order valence-corrected chi connectivity index (χ3v) is 2.10. The standard InChI is InChI=1S/C11H13NO3/c1-8(7-15-9(2)13)10-5-3-4-6-11(10)12-14/h3-6,8H,7H2,1-2H3. The van der Waals surface area contributed by atoms with Crippen molar-refractivity contribution < 1.29 is 9.53 Å². The van der Waals surface area contributed by atoms with Crippen molar-refractivity contribution in [3.8, 4) is 0 Å². The summed E-state index contributed by atoms with van der Waals surface area (Å²) in [6.45, 7) is 3.51. The molecule has 1 aromatic carbocycles. The summed E-state index contributed by atoms with van der Waals surface area (Å²) >= 11 is 0. The molecule has 0 N–H and O–H groups in total. The summed E-state index contributed by atoms with van der Waals surface area (Å²) in [6, 6.07) is 7.03. The minimum Gasteiger partial charge on any atom is -0.465 e. The van der Waals surface area contributed by atoms with Crippen molar-refractivity contribution in [2.75, 3.05) is 6.61 Å². The zero-order valence-electron chi connectivity index (χ0n) is 8.77. The van der Waals surface area contributed by atoms with E-state index >= 15 is 0 Å². The van der Waals surface area contributed by atoms with Gasteiger partial charge in [-0.25, -0.2) is 0 Å². The van der Waals surface area contributed by atoms with Crippen molar-refractivity contribution in [2.24, 2.45) is 5.18 Å². The second-order valence-electron chi connectivity index (χ2n) is 3.35. The highest BCUT2D eigenvalue weighted by molar-refractivity contribution is 5.66. The molecule has 0 aliphatic rings. The predicted octanol–water partition coefficient (Wildman–Crippen LogP) is 2.75. The van der Waals surface area contributed by atoms with Crippen LogP contribution in [0.4, 0.5) is 5.69 Å². The Hall–Kier alpha value is -1.71. The molecule has 15 heavy (non-hydrogen) atoms. The minimum absolute atomic E-state index is 0.0252. The molecule has 80 valence electrons. The number of benzene rings is 1. The Morgan fingerprint density at radius 3 is 2.73 bits per heavy atom. The molecule has 0 bridgehead atoms. The van der Waals surface area contributed by atoms with Crippen LogP contribution in [0.1, 0.15) is 25.3 Å². The molecule has 0 saturated carbocycles. The maximum absolute atomic E-state index is 10.6. The van der Waals surface area contributed by atoms with Gasteiger partial charge >= 0.3 is 5.97 Å². The first kappa shape index (κ1) is 11.4. The monoisotopic (exact) mass is 207 g/mol. The van der Waals surface area contributed by atoms with Crippen LogP contribution in [0, 0.1) is 4.91 Å². The van der Waals surface area contributed by atoms with Gasteiger partial charge in [0.25, 0.3) is 0 Å². The topological polar surface area (TPSA) is 55.7 Å². The molecule has 0 aliphatic heterocycles. The van der Waals surface area contributed by atoms with Crippen LogP contribution < -0.4 is 0 Å². The molecule has 1 aromatic rings. The first-order valence-corrected chi connectivity index (χ1v) is 4.70. The summed E-state index contributed by atoms with van der Waals surface area (Å²) in [5.41, 5.74) is 1.20. The summed E-state index contributed by atoms with van der Waals surface area (Å²) < 4.78 is 4.87. The van der Waals surface area contributed by atoms with Crippen LogP contribution in [0.3, 0.4) is 0 Å². The Labute approximate surface area is 88.2 Å². The van der Waals surface area contributed by atoms with E-state index in [-0.39, 0.29) is 18.5 Å². The van der Waals surface area contributed by atoms with Crippen LogP contribution in [0.5, 0.6) is 0 Å². The Bertz CT molecular complexity index is 363. The predicted molar refractivity (Wildman–Crippen MR) is 56.9 cm³/mol. The maximum atomic E-state index is 10.6. The number of nitroso groups, excluding NO2 is 1. The van der Waals surface area contributed by atoms with Crippen LogP contribution in [0.2, 0.25) is 0 Å². The van der Waals surface area contributed by atoms with Gasteiger partial charge in [0.15, 0.2) is 0 Å². The SMILES string of the molecule is CC(=O)OCC(C)c1ccccc1N=O. The molecule has 0 aliphatic carbocycles. The number of esters is 1. The molecule has 1 unspecified atom stereocenters. The molecule has 4 nitrogen and oxygen atoms in total. The lowest BCUT2D eigenvalue weighted by molar-refractivity contribution is -0.141. The van der Waals surface area contributed by atoms with E-state index in [0.29, 0.717) is 5.69 Å². The molecule has 0 fully saturated rings. The Balaban J connectivity index is 2.76. The molecule has 0 amide bonds. The summed E-state index contributed by atoms with van der Waals surface area (Å²) in [5.74, 6) is -0.346. The average Bonchev–Trinajstić information content (AvgIpc) is 2.25. The van der Waals surface area contributed by atoms with E-state index in [1.807, 2.05) is 19.1 Å². The van der Waals surface area contributed by atoms with Crippen molar-refractivity contribution >= 4 is 11.7 Å². The number of hydrogen-bond donors (Lipinski definition) is 0. The molecule has 1 rings (SSSR count). The van der Waals surface area contributed by atoms with Gasteiger partial charge < -0.3 is 4.74 Å². The van der Waals surface area contributed by atoms with Crippen molar-refractivity contribution in [1.82, 2.24) is 0 Å². The van der Waals surface area contributed by atoms with Crippen molar-refractivity contribution in [2.45, 2.75) is 19.8 Å². The lowest BCUT2D eigenvalue weighted by Gasteiger charge is -2.12. The quantitative estimate of drug-likeness (QED) is 0.563. The van der Waals surface area contributed by atoms with Gasteiger partial charge in [0.1, 0.15) is 5.69 Å². The van der Waals surface area contributed by atoms with Crippen LogP contribution in [-0.2, 0) is 9.53 Å². The van der Waals surface area contributed by atoms with Gasteiger partial charge in [-0.15, -0.1) is 4.91 Å². The number of carbonyl (C=O) groups is 1. The summed E-state index contributed by atoms with van der Waals surface area (Å²) in [7, 11) is 0. The highest BCUT2D eigenvalue weighted by Crippen LogP contribution is 2.26. The van der Waals surface area contributed by atoms with Crippen molar-refractivity contribution in [3.05, 3.63) is 34.7 Å². The van der Waals surface area contributed by atoms with Gasteiger partial charge in [-0.1, -0.05) is 25.1 Å². The van der Waals surface area contributed by atoms with Gasteiger partial charge in [-0.2, -0.15) is 0 Å². The van der Waals surface area contributed by atoms with Crippen LogP contribution in [0.25, 0.3) is 0 Å². The van der Waals surface area contributed by atoms with Crippen molar-refractivity contribution in [1.29, 1.82) is 0 Å². The molecular weight excluding hydrogens is 194 g/mol. The van der Waals surface area contributed by atoms with E-state index in [4.69, 9.17) is 4.74 Å². The second-order valence-corrected chi connectivity index (χ2v) is 3.35. The Kier molecular flexibility index (Phi) is 3.97. The third-order valence-electron chi connectivity index (χ3n) is 2.10. The smallest absolute Gasteiger partial charge is 0.302 e. The van der Waals surface area contributed by atoms with Gasteiger partial charge in [0.2, 0.25) is 0 Å². The van der Waals surface area contributed by atoms with Gasteiger partial charge in [0.05, 0.1) is 6.61 Å². The highest BCUT2D eigenvalue weighted by atomic mass is 16.5. The second kappa shape index (κ2) is 5.24. The van der Waals surface area contributed by atoms with E-state index in [9.17, 15) is 9.70 Å². The zero-order valence-corrected chi connectivity index (χ0v) is 8.77. The highest BCUT2D eigenvalue weighted by Gasteiger charge is 2.11. The summed E-state index contributed by atoms with van der Waals surface area (Å²) in [4.78, 5) is 21.1. The molecule has 4 heteroatoms. The lowest BCUT2D eigenvalue weighted by atomic mass is 10.0. The van der Waals surface area contributed by atoms with Crippen LogP contribution >= 0.6 is 0 Å².